The van der Waals surface area contributed by atoms with Crippen LogP contribution in [-0.2, 0) is 4.84 Å². The van der Waals surface area contributed by atoms with Gasteiger partial charge in [0.15, 0.2) is 0 Å². The normalized spacial score (nSPS) is 17.4. The van der Waals surface area contributed by atoms with Crippen molar-refractivity contribution >= 4 is 28.7 Å². The monoisotopic (exact) mass is 294 g/mol. The van der Waals surface area contributed by atoms with Gasteiger partial charge < -0.3 is 14.9 Å². The molecule has 1 aliphatic heterocycles. The van der Waals surface area contributed by atoms with Gasteiger partial charge in [0, 0.05) is 35.2 Å². The van der Waals surface area contributed by atoms with Crippen LogP contribution in [0.5, 0.6) is 0 Å². The summed E-state index contributed by atoms with van der Waals surface area (Å²) < 4.78 is 0. The second-order valence-electron chi connectivity index (χ2n) is 4.99. The van der Waals surface area contributed by atoms with Crippen LogP contribution in [0.15, 0.2) is 24.4 Å². The number of nitrogens with zero attached hydrogens (tertiary/aromatic N) is 1. The van der Waals surface area contributed by atoms with Gasteiger partial charge in [-0.15, -0.1) is 5.06 Å². The zero-order valence-corrected chi connectivity index (χ0v) is 11.6. The first-order chi connectivity index (χ1) is 9.63. The number of H-pyrrole nitrogens is 1. The molecule has 5 nitrogen and oxygen atoms in total. The zero-order chi connectivity index (χ0) is 14.1. The summed E-state index contributed by atoms with van der Waals surface area (Å²) in [6.07, 6.45) is 2.51. The van der Waals surface area contributed by atoms with E-state index < -0.39 is 6.16 Å². The van der Waals surface area contributed by atoms with Crippen LogP contribution in [0.25, 0.3) is 10.9 Å². The Labute approximate surface area is 121 Å². The van der Waals surface area contributed by atoms with Crippen LogP contribution in [0, 0.1) is 0 Å². The van der Waals surface area contributed by atoms with E-state index in [1.54, 1.807) is 0 Å². The van der Waals surface area contributed by atoms with Gasteiger partial charge in [-0.1, -0.05) is 11.6 Å². The Morgan fingerprint density at radius 3 is 2.85 bits per heavy atom. The lowest BCUT2D eigenvalue weighted by Gasteiger charge is -2.29. The molecule has 1 saturated heterocycles. The Morgan fingerprint density at radius 1 is 1.40 bits per heavy atom. The van der Waals surface area contributed by atoms with Crippen LogP contribution in [0.3, 0.4) is 0 Å². The summed E-state index contributed by atoms with van der Waals surface area (Å²) in [5.41, 5.74) is 2.33. The molecule has 106 valence electrons. The predicted octanol–water partition coefficient (Wildman–Crippen LogP) is 3.61. The third kappa shape index (κ3) is 2.59. The molecule has 2 N–H and O–H groups in total. The molecular formula is C14H15ClN2O3. The predicted molar refractivity (Wildman–Crippen MR) is 76.0 cm³/mol. The van der Waals surface area contributed by atoms with Gasteiger partial charge >= 0.3 is 6.16 Å². The van der Waals surface area contributed by atoms with Crippen molar-refractivity contribution in [2.45, 2.75) is 18.8 Å². The van der Waals surface area contributed by atoms with E-state index in [0.717, 1.165) is 28.8 Å². The van der Waals surface area contributed by atoms with Crippen molar-refractivity contribution in [3.05, 3.63) is 35.0 Å². The highest BCUT2D eigenvalue weighted by atomic mass is 35.5. The first-order valence-corrected chi connectivity index (χ1v) is 6.93. The Morgan fingerprint density at radius 2 is 2.15 bits per heavy atom. The summed E-state index contributed by atoms with van der Waals surface area (Å²) >= 11 is 6.06. The van der Waals surface area contributed by atoms with Crippen molar-refractivity contribution < 1.29 is 14.7 Å². The minimum atomic E-state index is -1.25. The van der Waals surface area contributed by atoms with Crippen LogP contribution < -0.4 is 0 Å². The number of halogens is 1. The molecule has 0 amide bonds. The highest BCUT2D eigenvalue weighted by molar-refractivity contribution is 6.31. The largest absolute Gasteiger partial charge is 0.525 e. The quantitative estimate of drug-likeness (QED) is 0.888. The summed E-state index contributed by atoms with van der Waals surface area (Å²) in [6.45, 7) is 1.23. The maximum absolute atomic E-state index is 10.5. The third-order valence-electron chi connectivity index (χ3n) is 3.78. The second kappa shape index (κ2) is 5.34. The Balaban J connectivity index is 1.76. The van der Waals surface area contributed by atoms with Gasteiger partial charge in [0.25, 0.3) is 0 Å². The van der Waals surface area contributed by atoms with Crippen molar-refractivity contribution in [3.63, 3.8) is 0 Å². The topological polar surface area (TPSA) is 65.6 Å². The van der Waals surface area contributed by atoms with Crippen molar-refractivity contribution in [3.8, 4) is 0 Å². The van der Waals surface area contributed by atoms with E-state index in [2.05, 4.69) is 9.82 Å². The summed E-state index contributed by atoms with van der Waals surface area (Å²) in [5, 5.41) is 12.0. The molecule has 3 rings (SSSR count). The van der Waals surface area contributed by atoms with Crippen LogP contribution in [0.4, 0.5) is 4.79 Å². The van der Waals surface area contributed by atoms with Crippen molar-refractivity contribution in [2.24, 2.45) is 0 Å². The smallest absolute Gasteiger partial charge is 0.448 e. The van der Waals surface area contributed by atoms with E-state index in [1.807, 2.05) is 24.4 Å². The Hall–Kier alpha value is -1.72. The fourth-order valence-corrected chi connectivity index (χ4v) is 2.99. The molecule has 1 fully saturated rings. The number of aromatic amines is 1. The molecule has 0 aliphatic carbocycles. The van der Waals surface area contributed by atoms with E-state index in [1.165, 1.54) is 10.6 Å². The molecule has 20 heavy (non-hydrogen) atoms. The maximum atomic E-state index is 10.5. The SMILES string of the molecule is O=C(O)ON1CCC(c2c[nH]c3ccc(Cl)cc23)CC1. The summed E-state index contributed by atoms with van der Waals surface area (Å²) in [6, 6.07) is 5.82. The molecule has 0 radical (unpaired) electrons. The number of carboxylic acid groups (broad SMARTS) is 1. The average molecular weight is 295 g/mol. The molecule has 2 heterocycles. The number of hydrogen-bond acceptors (Lipinski definition) is 3. The first-order valence-electron chi connectivity index (χ1n) is 6.56. The van der Waals surface area contributed by atoms with Crippen LogP contribution in [0.2, 0.25) is 5.02 Å². The molecular weight excluding hydrogens is 280 g/mol. The number of hydrogen-bond donors (Lipinski definition) is 2. The molecule has 1 aromatic carbocycles. The number of nitrogens with one attached hydrogen (secondary N) is 1. The molecule has 0 spiro atoms. The fourth-order valence-electron chi connectivity index (χ4n) is 2.82. The molecule has 1 aromatic heterocycles. The number of piperidine rings is 1. The van der Waals surface area contributed by atoms with Crippen molar-refractivity contribution in [1.29, 1.82) is 0 Å². The van der Waals surface area contributed by atoms with Gasteiger partial charge in [-0.2, -0.15) is 0 Å². The van der Waals surface area contributed by atoms with Crippen LogP contribution in [0.1, 0.15) is 24.3 Å². The van der Waals surface area contributed by atoms with Gasteiger partial charge in [-0.3, -0.25) is 0 Å². The molecule has 0 atom stereocenters. The van der Waals surface area contributed by atoms with Crippen molar-refractivity contribution in [2.75, 3.05) is 13.1 Å². The standard InChI is InChI=1S/C14H15ClN2O3/c15-10-1-2-13-11(7-10)12(8-16-13)9-3-5-17(6-4-9)20-14(18)19/h1-2,7-9,16H,3-6H2,(H,18,19). The molecule has 0 bridgehead atoms. The number of aromatic nitrogens is 1. The summed E-state index contributed by atoms with van der Waals surface area (Å²) in [5.74, 6) is 0.399. The number of carbonyl (C=O) groups is 1. The van der Waals surface area contributed by atoms with E-state index in [4.69, 9.17) is 16.7 Å². The highest BCUT2D eigenvalue weighted by Gasteiger charge is 2.24. The first kappa shape index (κ1) is 13.3. The lowest BCUT2D eigenvalue weighted by Crippen LogP contribution is -2.34. The fraction of sp³-hybridized carbons (Fsp3) is 0.357. The van der Waals surface area contributed by atoms with Crippen molar-refractivity contribution in [1.82, 2.24) is 10.0 Å². The van der Waals surface area contributed by atoms with Gasteiger partial charge in [0.2, 0.25) is 0 Å². The molecule has 6 heteroatoms. The minimum Gasteiger partial charge on any atom is -0.448 e. The van der Waals surface area contributed by atoms with E-state index in [0.29, 0.717) is 19.0 Å². The molecule has 0 saturated carbocycles. The highest BCUT2D eigenvalue weighted by Crippen LogP contribution is 2.34. The Kier molecular flexibility index (Phi) is 3.54. The number of fused-ring (bicyclic) bond motifs is 1. The molecule has 0 unspecified atom stereocenters. The Bertz CT molecular complexity index is 632. The summed E-state index contributed by atoms with van der Waals surface area (Å²) in [7, 11) is 0. The second-order valence-corrected chi connectivity index (χ2v) is 5.43. The number of rotatable bonds is 2. The van der Waals surface area contributed by atoms with Gasteiger partial charge in [-0.25, -0.2) is 4.79 Å². The minimum absolute atomic E-state index is 0.399. The van der Waals surface area contributed by atoms with Gasteiger partial charge in [0.1, 0.15) is 0 Å². The van der Waals surface area contributed by atoms with Crippen LogP contribution in [-0.4, -0.2) is 34.4 Å². The lowest BCUT2D eigenvalue weighted by atomic mass is 9.90. The van der Waals surface area contributed by atoms with Gasteiger partial charge in [-0.05, 0) is 42.5 Å². The number of benzene rings is 1. The van der Waals surface area contributed by atoms with E-state index in [9.17, 15) is 4.79 Å². The zero-order valence-electron chi connectivity index (χ0n) is 10.8. The lowest BCUT2D eigenvalue weighted by molar-refractivity contribution is -0.131. The molecule has 1 aliphatic rings. The number of hydroxylamine groups is 2. The van der Waals surface area contributed by atoms with E-state index >= 15 is 0 Å². The summed E-state index contributed by atoms with van der Waals surface area (Å²) in [4.78, 5) is 18.4. The van der Waals surface area contributed by atoms with Gasteiger partial charge in [0.05, 0.1) is 0 Å². The van der Waals surface area contributed by atoms with E-state index in [-0.39, 0.29) is 0 Å². The maximum Gasteiger partial charge on any atom is 0.525 e. The average Bonchev–Trinajstić information content (AvgIpc) is 2.82. The van der Waals surface area contributed by atoms with Crippen LogP contribution >= 0.6 is 11.6 Å². The third-order valence-corrected chi connectivity index (χ3v) is 4.01. The molecule has 2 aromatic rings.